The molecule has 1 spiro atoms. The van der Waals surface area contributed by atoms with Crippen LogP contribution in [0.4, 0.5) is 0 Å². The van der Waals surface area contributed by atoms with Crippen LogP contribution in [0.3, 0.4) is 0 Å². The van der Waals surface area contributed by atoms with E-state index in [2.05, 4.69) is 40.3 Å². The largest absolute Gasteiger partial charge is 0.323 e. The van der Waals surface area contributed by atoms with Crippen LogP contribution >= 0.6 is 0 Å². The van der Waals surface area contributed by atoms with Crippen molar-refractivity contribution in [2.75, 3.05) is 0 Å². The van der Waals surface area contributed by atoms with Gasteiger partial charge in [-0.25, -0.2) is 0 Å². The average molecular weight is 231 g/mol. The highest BCUT2D eigenvalue weighted by molar-refractivity contribution is 5.47. The lowest BCUT2D eigenvalue weighted by Gasteiger charge is -2.41. The Hall–Kier alpha value is -0.820. The number of nitrogens with two attached hydrogens (primary N) is 1. The summed E-state index contributed by atoms with van der Waals surface area (Å²) in [6, 6.07) is 0.168. The molecule has 0 amide bonds. The molecule has 2 rings (SSSR count). The lowest BCUT2D eigenvalue weighted by atomic mass is 9.64. The molecule has 0 aliphatic heterocycles. The predicted molar refractivity (Wildman–Crippen MR) is 74.6 cm³/mol. The summed E-state index contributed by atoms with van der Waals surface area (Å²) in [7, 11) is 0. The smallest absolute Gasteiger partial charge is 0.0360 e. The van der Waals surface area contributed by atoms with Crippen molar-refractivity contribution in [2.45, 2.75) is 46.6 Å². The second-order valence-electron chi connectivity index (χ2n) is 6.17. The van der Waals surface area contributed by atoms with E-state index in [0.29, 0.717) is 11.3 Å². The second kappa shape index (κ2) is 3.84. The monoisotopic (exact) mass is 231 g/mol. The van der Waals surface area contributed by atoms with Gasteiger partial charge < -0.3 is 5.73 Å². The van der Waals surface area contributed by atoms with Gasteiger partial charge in [0.05, 0.1) is 0 Å². The fourth-order valence-electron chi connectivity index (χ4n) is 3.89. The molecule has 0 aromatic carbocycles. The van der Waals surface area contributed by atoms with Gasteiger partial charge in [-0.2, -0.15) is 0 Å². The first-order chi connectivity index (χ1) is 7.91. The van der Waals surface area contributed by atoms with E-state index in [0.717, 1.165) is 0 Å². The molecule has 2 aliphatic rings. The Morgan fingerprint density at radius 1 is 1.41 bits per heavy atom. The maximum Gasteiger partial charge on any atom is 0.0360 e. The zero-order valence-electron chi connectivity index (χ0n) is 11.6. The van der Waals surface area contributed by atoms with E-state index < -0.39 is 0 Å². The fraction of sp³-hybridized carbons (Fsp3) is 0.625. The first-order valence-corrected chi connectivity index (χ1v) is 6.67. The Morgan fingerprint density at radius 2 is 2.00 bits per heavy atom. The van der Waals surface area contributed by atoms with Crippen molar-refractivity contribution in [1.29, 1.82) is 0 Å². The fourth-order valence-corrected chi connectivity index (χ4v) is 3.89. The van der Waals surface area contributed by atoms with Gasteiger partial charge in [0.2, 0.25) is 0 Å². The molecule has 1 saturated carbocycles. The zero-order valence-corrected chi connectivity index (χ0v) is 11.6. The van der Waals surface area contributed by atoms with E-state index in [-0.39, 0.29) is 11.5 Å². The molecular weight excluding hydrogens is 206 g/mol. The van der Waals surface area contributed by atoms with E-state index in [9.17, 15) is 0 Å². The molecule has 2 N–H and O–H groups in total. The Bertz CT molecular complexity index is 396. The van der Waals surface area contributed by atoms with Crippen LogP contribution in [-0.4, -0.2) is 6.04 Å². The second-order valence-corrected chi connectivity index (χ2v) is 6.17. The molecule has 94 valence electrons. The number of allylic oxidation sites excluding steroid dienone is 3. The summed E-state index contributed by atoms with van der Waals surface area (Å²) in [6.45, 7) is 13.0. The van der Waals surface area contributed by atoms with Crippen molar-refractivity contribution in [3.8, 4) is 0 Å². The lowest BCUT2D eigenvalue weighted by Crippen LogP contribution is -2.45. The van der Waals surface area contributed by atoms with Crippen molar-refractivity contribution in [3.63, 3.8) is 0 Å². The van der Waals surface area contributed by atoms with Gasteiger partial charge in [-0.1, -0.05) is 51.2 Å². The Kier molecular flexibility index (Phi) is 2.86. The SMILES string of the molecule is C=C/C=C\C1=C(C)C2(CC2)C(C)(C(C)C)[C@@H]1N. The molecule has 1 nitrogen and oxygen atoms in total. The first-order valence-electron chi connectivity index (χ1n) is 6.67. The van der Waals surface area contributed by atoms with Crippen LogP contribution in [-0.2, 0) is 0 Å². The maximum absolute atomic E-state index is 6.56. The maximum atomic E-state index is 6.56. The third-order valence-electron chi connectivity index (χ3n) is 5.52. The van der Waals surface area contributed by atoms with Crippen molar-refractivity contribution < 1.29 is 0 Å². The number of hydrogen-bond acceptors (Lipinski definition) is 1. The van der Waals surface area contributed by atoms with Gasteiger partial charge in [0.1, 0.15) is 0 Å². The highest BCUT2D eigenvalue weighted by atomic mass is 14.8. The minimum absolute atomic E-state index is 0.168. The van der Waals surface area contributed by atoms with Crippen LogP contribution < -0.4 is 5.73 Å². The molecule has 1 fully saturated rings. The van der Waals surface area contributed by atoms with Crippen molar-refractivity contribution in [2.24, 2.45) is 22.5 Å². The average Bonchev–Trinajstić information content (AvgIpc) is 3.06. The Morgan fingerprint density at radius 3 is 2.35 bits per heavy atom. The highest BCUT2D eigenvalue weighted by Gasteiger charge is 2.65. The third kappa shape index (κ3) is 1.41. The van der Waals surface area contributed by atoms with Crippen molar-refractivity contribution in [3.05, 3.63) is 36.0 Å². The molecule has 0 heterocycles. The Labute approximate surface area is 105 Å². The number of hydrogen-bond donors (Lipinski definition) is 1. The highest BCUT2D eigenvalue weighted by Crippen LogP contribution is 2.71. The van der Waals surface area contributed by atoms with Crippen LogP contribution in [0.25, 0.3) is 0 Å². The number of rotatable bonds is 3. The topological polar surface area (TPSA) is 26.0 Å². The molecule has 0 aromatic heterocycles. The molecule has 1 unspecified atom stereocenters. The molecular formula is C16H25N. The van der Waals surface area contributed by atoms with Gasteiger partial charge >= 0.3 is 0 Å². The van der Waals surface area contributed by atoms with Crippen LogP contribution in [0.5, 0.6) is 0 Å². The first kappa shape index (κ1) is 12.6. The molecule has 0 bridgehead atoms. The molecule has 17 heavy (non-hydrogen) atoms. The van der Waals surface area contributed by atoms with E-state index in [4.69, 9.17) is 5.73 Å². The predicted octanol–water partition coefficient (Wildman–Crippen LogP) is 3.83. The van der Waals surface area contributed by atoms with Gasteiger partial charge in [0, 0.05) is 6.04 Å². The van der Waals surface area contributed by atoms with Crippen LogP contribution in [0.15, 0.2) is 36.0 Å². The molecule has 1 heteroatoms. The summed E-state index contributed by atoms with van der Waals surface area (Å²) in [5.74, 6) is 0.615. The van der Waals surface area contributed by atoms with Gasteiger partial charge in [-0.15, -0.1) is 0 Å². The standard InChI is InChI=1S/C16H25N/c1-6-7-8-13-12(4)16(9-10-16)15(5,11(2)3)14(13)17/h6-8,11,14H,1,9-10,17H2,2-5H3/b8-7-/t14-,15?/m1/s1. The van der Waals surface area contributed by atoms with Crippen molar-refractivity contribution in [1.82, 2.24) is 0 Å². The van der Waals surface area contributed by atoms with Gasteiger partial charge in [-0.3, -0.25) is 0 Å². The van der Waals surface area contributed by atoms with E-state index >= 15 is 0 Å². The molecule has 2 atom stereocenters. The zero-order chi connectivity index (χ0) is 12.8. The summed E-state index contributed by atoms with van der Waals surface area (Å²) in [4.78, 5) is 0. The minimum atomic E-state index is 0.168. The quantitative estimate of drug-likeness (QED) is 0.734. The summed E-state index contributed by atoms with van der Waals surface area (Å²) in [6.07, 6.45) is 8.64. The molecule has 0 radical (unpaired) electrons. The van der Waals surface area contributed by atoms with E-state index in [1.165, 1.54) is 24.0 Å². The van der Waals surface area contributed by atoms with Crippen LogP contribution in [0.2, 0.25) is 0 Å². The summed E-state index contributed by atoms with van der Waals surface area (Å²) in [5, 5.41) is 0. The molecule has 0 aromatic rings. The Balaban J connectivity index is 2.47. The normalized spacial score (nSPS) is 35.3. The summed E-state index contributed by atoms with van der Waals surface area (Å²) >= 11 is 0. The van der Waals surface area contributed by atoms with Gasteiger partial charge in [0.15, 0.2) is 0 Å². The molecule has 2 aliphatic carbocycles. The summed E-state index contributed by atoms with van der Waals surface area (Å²) < 4.78 is 0. The summed E-state index contributed by atoms with van der Waals surface area (Å²) in [5.41, 5.74) is 10.0. The van der Waals surface area contributed by atoms with Crippen LogP contribution in [0, 0.1) is 16.7 Å². The van der Waals surface area contributed by atoms with E-state index in [1.807, 2.05) is 12.2 Å². The van der Waals surface area contributed by atoms with Crippen LogP contribution in [0.1, 0.15) is 40.5 Å². The van der Waals surface area contributed by atoms with E-state index in [1.54, 1.807) is 0 Å². The lowest BCUT2D eigenvalue weighted by molar-refractivity contribution is 0.118. The van der Waals surface area contributed by atoms with Gasteiger partial charge in [-0.05, 0) is 42.1 Å². The van der Waals surface area contributed by atoms with Gasteiger partial charge in [0.25, 0.3) is 0 Å². The third-order valence-corrected chi connectivity index (χ3v) is 5.52. The minimum Gasteiger partial charge on any atom is -0.323 e. The molecule has 0 saturated heterocycles. The van der Waals surface area contributed by atoms with Crippen molar-refractivity contribution >= 4 is 0 Å².